The monoisotopic (exact) mass is 558 g/mol. The van der Waals surface area contributed by atoms with E-state index in [1.54, 1.807) is 25.1 Å². The fraction of sp³-hybridized carbons (Fsp3) is 0.194. The van der Waals surface area contributed by atoms with E-state index in [1.165, 1.54) is 39.7 Å². The molecule has 0 heterocycles. The summed E-state index contributed by atoms with van der Waals surface area (Å²) in [5.74, 6) is 1.04. The lowest BCUT2D eigenvalue weighted by atomic mass is 10.1. The molecule has 0 aliphatic rings. The molecule has 1 amide bonds. The van der Waals surface area contributed by atoms with Gasteiger partial charge in [0.25, 0.3) is 5.91 Å². The third kappa shape index (κ3) is 7.24. The predicted molar refractivity (Wildman–Crippen MR) is 154 cm³/mol. The number of hydrogen-bond acceptors (Lipinski definition) is 9. The fourth-order valence-corrected chi connectivity index (χ4v) is 3.93. The van der Waals surface area contributed by atoms with Gasteiger partial charge in [-0.15, -0.1) is 0 Å². The van der Waals surface area contributed by atoms with Gasteiger partial charge in [0.15, 0.2) is 29.6 Å². The van der Waals surface area contributed by atoms with Gasteiger partial charge in [-0.1, -0.05) is 30.3 Å². The summed E-state index contributed by atoms with van der Waals surface area (Å²) in [6.45, 7) is 1.94. The van der Waals surface area contributed by atoms with Gasteiger partial charge >= 0.3 is 5.97 Å². The minimum atomic E-state index is -0.648. The van der Waals surface area contributed by atoms with Crippen molar-refractivity contribution in [2.75, 3.05) is 34.5 Å². The SMILES string of the molecule is CCOc1cc(C=NNC(=O)COc2ccc3ccccc3c2)ccc1OC(=O)c1cc(OC)c(OC)c(OC)c1. The number of rotatable bonds is 12. The molecular formula is C31H30N2O8. The maximum absolute atomic E-state index is 13.0. The lowest BCUT2D eigenvalue weighted by Crippen LogP contribution is -2.24. The molecule has 4 rings (SSSR count). The number of carbonyl (C=O) groups excluding carboxylic acids is 2. The number of benzene rings is 4. The molecular weight excluding hydrogens is 528 g/mol. The van der Waals surface area contributed by atoms with Gasteiger partial charge < -0.3 is 28.4 Å². The van der Waals surface area contributed by atoms with Crippen LogP contribution < -0.4 is 33.8 Å². The topological polar surface area (TPSA) is 114 Å². The second kappa shape index (κ2) is 13.7. The van der Waals surface area contributed by atoms with Crippen molar-refractivity contribution in [2.24, 2.45) is 5.10 Å². The Bertz CT molecular complexity index is 1540. The lowest BCUT2D eigenvalue weighted by Gasteiger charge is -2.15. The van der Waals surface area contributed by atoms with E-state index in [9.17, 15) is 9.59 Å². The van der Waals surface area contributed by atoms with Crippen LogP contribution in [0.25, 0.3) is 10.8 Å². The molecule has 1 N–H and O–H groups in total. The number of methoxy groups -OCH3 is 3. The Kier molecular flexibility index (Phi) is 9.61. The van der Waals surface area contributed by atoms with E-state index < -0.39 is 11.9 Å². The van der Waals surface area contributed by atoms with E-state index in [-0.39, 0.29) is 17.9 Å². The van der Waals surface area contributed by atoms with Gasteiger partial charge in [0, 0.05) is 0 Å². The standard InChI is InChI=1S/C31H30N2O8/c1-5-39-26-14-20(18-32-33-29(34)19-40-24-12-11-21-8-6-7-9-22(21)15-24)10-13-25(26)41-31(35)23-16-27(36-2)30(38-4)28(17-23)37-3/h6-18H,5,19H2,1-4H3,(H,33,34). The van der Waals surface area contributed by atoms with Crippen molar-refractivity contribution >= 4 is 28.9 Å². The molecule has 0 aliphatic carbocycles. The maximum Gasteiger partial charge on any atom is 0.343 e. The Hall–Kier alpha value is -5.25. The van der Waals surface area contributed by atoms with Crippen LogP contribution >= 0.6 is 0 Å². The second-order valence-corrected chi connectivity index (χ2v) is 8.53. The maximum atomic E-state index is 13.0. The molecule has 0 aliphatic heterocycles. The highest BCUT2D eigenvalue weighted by Gasteiger charge is 2.20. The summed E-state index contributed by atoms with van der Waals surface area (Å²) in [6, 6.07) is 21.4. The molecule has 10 nitrogen and oxygen atoms in total. The molecule has 0 radical (unpaired) electrons. The molecule has 4 aromatic carbocycles. The zero-order valence-corrected chi connectivity index (χ0v) is 23.1. The molecule has 0 bridgehead atoms. The van der Waals surface area contributed by atoms with Crippen LogP contribution in [0.15, 0.2) is 77.9 Å². The molecule has 0 saturated heterocycles. The van der Waals surface area contributed by atoms with E-state index in [2.05, 4.69) is 10.5 Å². The van der Waals surface area contributed by atoms with E-state index in [0.29, 0.717) is 40.9 Å². The molecule has 0 saturated carbocycles. The predicted octanol–water partition coefficient (Wildman–Crippen LogP) is 5.01. The Morgan fingerprint density at radius 2 is 1.51 bits per heavy atom. The summed E-state index contributed by atoms with van der Waals surface area (Å²) < 4.78 is 32.8. The Balaban J connectivity index is 1.39. The van der Waals surface area contributed by atoms with Crippen molar-refractivity contribution in [3.05, 3.63) is 83.9 Å². The summed E-state index contributed by atoms with van der Waals surface area (Å²) in [4.78, 5) is 25.2. The minimum absolute atomic E-state index is 0.196. The Labute approximate surface area is 237 Å². The molecule has 0 aromatic heterocycles. The number of ether oxygens (including phenoxy) is 6. The van der Waals surface area contributed by atoms with Gasteiger partial charge in [-0.25, -0.2) is 10.2 Å². The van der Waals surface area contributed by atoms with Gasteiger partial charge in [0.1, 0.15) is 5.75 Å². The molecule has 10 heteroatoms. The number of carbonyl (C=O) groups is 2. The number of esters is 1. The first-order valence-electron chi connectivity index (χ1n) is 12.7. The number of hydrazone groups is 1. The molecule has 41 heavy (non-hydrogen) atoms. The van der Waals surface area contributed by atoms with E-state index >= 15 is 0 Å². The van der Waals surface area contributed by atoms with Crippen molar-refractivity contribution in [3.8, 4) is 34.5 Å². The van der Waals surface area contributed by atoms with Crippen molar-refractivity contribution in [3.63, 3.8) is 0 Å². The number of amides is 1. The molecule has 0 atom stereocenters. The highest BCUT2D eigenvalue weighted by atomic mass is 16.6. The van der Waals surface area contributed by atoms with E-state index in [4.69, 9.17) is 28.4 Å². The molecule has 0 spiro atoms. The lowest BCUT2D eigenvalue weighted by molar-refractivity contribution is -0.123. The van der Waals surface area contributed by atoms with Crippen LogP contribution in [0.1, 0.15) is 22.8 Å². The smallest absolute Gasteiger partial charge is 0.343 e. The first-order chi connectivity index (χ1) is 19.9. The third-order valence-corrected chi connectivity index (χ3v) is 5.86. The fourth-order valence-electron chi connectivity index (χ4n) is 3.93. The van der Waals surface area contributed by atoms with Gasteiger partial charge in [-0.05, 0) is 65.7 Å². The van der Waals surface area contributed by atoms with Crippen molar-refractivity contribution in [1.29, 1.82) is 0 Å². The zero-order valence-electron chi connectivity index (χ0n) is 23.1. The molecule has 0 unspecified atom stereocenters. The number of nitrogens with one attached hydrogen (secondary N) is 1. The molecule has 0 fully saturated rings. The first kappa shape index (κ1) is 28.8. The molecule has 4 aromatic rings. The van der Waals surface area contributed by atoms with Gasteiger partial charge in [0.05, 0.1) is 39.7 Å². The number of nitrogens with zero attached hydrogens (tertiary/aromatic N) is 1. The average Bonchev–Trinajstić information content (AvgIpc) is 3.00. The Morgan fingerprint density at radius 1 is 0.780 bits per heavy atom. The van der Waals surface area contributed by atoms with Gasteiger partial charge in [-0.3, -0.25) is 4.79 Å². The summed E-state index contributed by atoms with van der Waals surface area (Å²) in [5.41, 5.74) is 3.24. The highest BCUT2D eigenvalue weighted by molar-refractivity contribution is 5.93. The number of fused-ring (bicyclic) bond motifs is 1. The summed E-state index contributed by atoms with van der Waals surface area (Å²) >= 11 is 0. The van der Waals surface area contributed by atoms with Gasteiger partial charge in [-0.2, -0.15) is 5.10 Å². The largest absolute Gasteiger partial charge is 0.493 e. The van der Waals surface area contributed by atoms with Crippen LogP contribution in [0.4, 0.5) is 0 Å². The molecule has 212 valence electrons. The van der Waals surface area contributed by atoms with Crippen LogP contribution in [-0.2, 0) is 4.79 Å². The minimum Gasteiger partial charge on any atom is -0.493 e. The van der Waals surface area contributed by atoms with Crippen molar-refractivity contribution < 1.29 is 38.0 Å². The van der Waals surface area contributed by atoms with Crippen molar-refractivity contribution in [2.45, 2.75) is 6.92 Å². The van der Waals surface area contributed by atoms with E-state index in [0.717, 1.165) is 10.8 Å². The third-order valence-electron chi connectivity index (χ3n) is 5.86. The van der Waals surface area contributed by atoms with Crippen molar-refractivity contribution in [1.82, 2.24) is 5.43 Å². The summed E-state index contributed by atoms with van der Waals surface area (Å²) in [6.07, 6.45) is 1.45. The first-order valence-corrected chi connectivity index (χ1v) is 12.7. The van der Waals surface area contributed by atoms with E-state index in [1.807, 2.05) is 42.5 Å². The Morgan fingerprint density at radius 3 is 2.20 bits per heavy atom. The zero-order chi connectivity index (χ0) is 29.2. The van der Waals surface area contributed by atoms with Crippen LogP contribution in [0.5, 0.6) is 34.5 Å². The second-order valence-electron chi connectivity index (χ2n) is 8.53. The van der Waals surface area contributed by atoms with Crippen LogP contribution in [0, 0.1) is 0 Å². The average molecular weight is 559 g/mol. The summed E-state index contributed by atoms with van der Waals surface area (Å²) in [5, 5.41) is 6.10. The number of hydrogen-bond donors (Lipinski definition) is 1. The van der Waals surface area contributed by atoms with Gasteiger partial charge in [0.2, 0.25) is 5.75 Å². The van der Waals surface area contributed by atoms with Crippen LogP contribution in [0.2, 0.25) is 0 Å². The van der Waals surface area contributed by atoms with Crippen LogP contribution in [0.3, 0.4) is 0 Å². The quantitative estimate of drug-likeness (QED) is 0.112. The highest BCUT2D eigenvalue weighted by Crippen LogP contribution is 2.39. The van der Waals surface area contributed by atoms with Crippen LogP contribution in [-0.4, -0.2) is 52.6 Å². The normalized spacial score (nSPS) is 10.7. The summed E-state index contributed by atoms with van der Waals surface area (Å²) in [7, 11) is 4.39.